The minimum atomic E-state index is -3.68. The molecule has 2 saturated heterocycles. The fraction of sp³-hybridized carbons (Fsp3) is 0.522. The Bertz CT molecular complexity index is 1350. The van der Waals surface area contributed by atoms with Crippen LogP contribution in [0.3, 0.4) is 0 Å². The number of hydrogen-bond acceptors (Lipinski definition) is 9. The molecule has 0 spiro atoms. The van der Waals surface area contributed by atoms with Crippen molar-refractivity contribution < 1.29 is 18.3 Å². The molecule has 5 rings (SSSR count). The number of carboxylic acid groups (broad SMARTS) is 1. The molecule has 0 bridgehead atoms. The summed E-state index contributed by atoms with van der Waals surface area (Å²) in [5, 5.41) is 12.4. The van der Waals surface area contributed by atoms with E-state index >= 15 is 0 Å². The first kappa shape index (κ1) is 24.4. The lowest BCUT2D eigenvalue weighted by Crippen LogP contribution is -2.49. The lowest BCUT2D eigenvalue weighted by Gasteiger charge is -2.36. The molecule has 1 atom stereocenters. The average molecular weight is 515 g/mol. The number of carbonyl (C=O) groups is 1. The minimum absolute atomic E-state index is 0.113. The summed E-state index contributed by atoms with van der Waals surface area (Å²) in [5.74, 6) is 0.0343. The molecular weight excluding hydrogens is 484 g/mol. The Morgan fingerprint density at radius 2 is 2.00 bits per heavy atom. The van der Waals surface area contributed by atoms with Gasteiger partial charge in [-0.15, -0.1) is 0 Å². The van der Waals surface area contributed by atoms with Crippen molar-refractivity contribution in [2.24, 2.45) is 5.92 Å². The number of aromatic amines is 1. The van der Waals surface area contributed by atoms with E-state index in [1.807, 2.05) is 4.90 Å². The lowest BCUT2D eigenvalue weighted by atomic mass is 9.94. The molecule has 2 fully saturated rings. The molecule has 0 aromatic carbocycles. The van der Waals surface area contributed by atoms with Crippen molar-refractivity contribution >= 4 is 38.9 Å². The Kier molecular flexibility index (Phi) is 6.75. The van der Waals surface area contributed by atoms with Crippen LogP contribution in [0, 0.1) is 5.92 Å². The van der Waals surface area contributed by atoms with Crippen LogP contribution in [0.4, 0.5) is 11.8 Å². The maximum Gasteiger partial charge on any atom is 0.303 e. The third kappa shape index (κ3) is 5.12. The Morgan fingerprint density at radius 1 is 1.19 bits per heavy atom. The second-order valence-electron chi connectivity index (χ2n) is 9.46. The van der Waals surface area contributed by atoms with Gasteiger partial charge in [-0.2, -0.15) is 4.98 Å². The number of rotatable bonds is 7. The summed E-state index contributed by atoms with van der Waals surface area (Å²) < 4.78 is 27.7. The zero-order chi connectivity index (χ0) is 25.3. The molecular formula is C23H30N8O4S. The first-order chi connectivity index (χ1) is 17.3. The number of nitrogens with one attached hydrogen (secondary N) is 2. The van der Waals surface area contributed by atoms with Gasteiger partial charge in [0.25, 0.3) is 0 Å². The van der Waals surface area contributed by atoms with Gasteiger partial charge in [0.2, 0.25) is 16.0 Å². The zero-order valence-electron chi connectivity index (χ0n) is 20.1. The highest BCUT2D eigenvalue weighted by molar-refractivity contribution is 7.92. The van der Waals surface area contributed by atoms with E-state index in [1.165, 1.54) is 10.6 Å². The van der Waals surface area contributed by atoms with Crippen LogP contribution in [-0.4, -0.2) is 82.9 Å². The Hall–Kier alpha value is -3.32. The van der Waals surface area contributed by atoms with Crippen LogP contribution in [0.1, 0.15) is 32.1 Å². The molecule has 2 aliphatic rings. The second kappa shape index (κ2) is 9.97. The van der Waals surface area contributed by atoms with Crippen LogP contribution in [-0.2, 0) is 14.8 Å². The summed E-state index contributed by atoms with van der Waals surface area (Å²) in [7, 11) is -3.68. The van der Waals surface area contributed by atoms with Gasteiger partial charge in [0.15, 0.2) is 11.5 Å². The van der Waals surface area contributed by atoms with Crippen LogP contribution in [0.25, 0.3) is 22.4 Å². The second-order valence-corrected chi connectivity index (χ2v) is 11.3. The summed E-state index contributed by atoms with van der Waals surface area (Å²) in [4.78, 5) is 34.6. The van der Waals surface area contributed by atoms with E-state index in [-0.39, 0.29) is 24.2 Å². The number of fused-ring (bicyclic) bond motifs is 1. The summed E-state index contributed by atoms with van der Waals surface area (Å²) in [5.41, 5.74) is 2.28. The molecule has 12 nitrogen and oxygen atoms in total. The highest BCUT2D eigenvalue weighted by atomic mass is 32.2. The molecule has 3 aromatic rings. The number of anilines is 2. The summed E-state index contributed by atoms with van der Waals surface area (Å²) in [6.45, 7) is 2.58. The molecule has 0 aliphatic carbocycles. The van der Waals surface area contributed by atoms with Gasteiger partial charge in [-0.1, -0.05) is 0 Å². The number of carboxylic acids is 1. The van der Waals surface area contributed by atoms with Crippen molar-refractivity contribution in [3.8, 4) is 11.3 Å². The number of H-pyrrole nitrogens is 1. The van der Waals surface area contributed by atoms with Crippen molar-refractivity contribution in [2.75, 3.05) is 41.6 Å². The fourth-order valence-corrected chi connectivity index (χ4v) is 6.22. The first-order valence-electron chi connectivity index (χ1n) is 12.1. The normalized spacial score (nSPS) is 19.5. The molecule has 0 amide bonds. The zero-order valence-corrected chi connectivity index (χ0v) is 20.9. The van der Waals surface area contributed by atoms with Gasteiger partial charge in [-0.05, 0) is 44.2 Å². The topological polar surface area (TPSA) is 157 Å². The molecule has 0 radical (unpaired) electrons. The maximum absolute atomic E-state index is 13.1. The van der Waals surface area contributed by atoms with Crippen LogP contribution in [0.2, 0.25) is 0 Å². The van der Waals surface area contributed by atoms with Gasteiger partial charge in [-0.25, -0.2) is 27.7 Å². The van der Waals surface area contributed by atoms with Crippen LogP contribution in [0.5, 0.6) is 0 Å². The summed E-state index contributed by atoms with van der Waals surface area (Å²) >= 11 is 0. The largest absolute Gasteiger partial charge is 0.481 e. The average Bonchev–Trinajstić information content (AvgIpc) is 3.32. The van der Waals surface area contributed by atoms with Gasteiger partial charge in [0, 0.05) is 38.4 Å². The SMILES string of the molecule is CS(=O)(=O)N(c1nc(N2CCC(CC(=O)O)CC2)ncc1-c1cnc2[nH]ccc2n1)C1CCCNC1. The molecule has 3 N–H and O–H groups in total. The molecule has 1 unspecified atom stereocenters. The van der Waals surface area contributed by atoms with Crippen LogP contribution in [0.15, 0.2) is 24.7 Å². The van der Waals surface area contributed by atoms with Crippen molar-refractivity contribution in [3.63, 3.8) is 0 Å². The predicted molar refractivity (Wildman–Crippen MR) is 135 cm³/mol. The molecule has 3 aromatic heterocycles. The quantitative estimate of drug-likeness (QED) is 0.423. The third-order valence-corrected chi connectivity index (χ3v) is 8.01. The molecule has 2 aliphatic heterocycles. The Labute approximate surface area is 209 Å². The smallest absolute Gasteiger partial charge is 0.303 e. The van der Waals surface area contributed by atoms with Crippen molar-refractivity contribution in [3.05, 3.63) is 24.7 Å². The van der Waals surface area contributed by atoms with Crippen molar-refractivity contribution in [1.82, 2.24) is 30.2 Å². The fourth-order valence-electron chi connectivity index (χ4n) is 5.04. The van der Waals surface area contributed by atoms with Crippen molar-refractivity contribution in [2.45, 2.75) is 38.1 Å². The molecule has 36 heavy (non-hydrogen) atoms. The first-order valence-corrected chi connectivity index (χ1v) is 14.0. The Balaban J connectivity index is 1.56. The molecule has 5 heterocycles. The minimum Gasteiger partial charge on any atom is -0.481 e. The number of nitrogens with zero attached hydrogens (tertiary/aromatic N) is 6. The highest BCUT2D eigenvalue weighted by Crippen LogP contribution is 2.34. The van der Waals surface area contributed by atoms with Gasteiger partial charge < -0.3 is 20.3 Å². The highest BCUT2D eigenvalue weighted by Gasteiger charge is 2.33. The monoisotopic (exact) mass is 514 g/mol. The number of aliphatic carboxylic acids is 1. The molecule has 13 heteroatoms. The van der Waals surface area contributed by atoms with Gasteiger partial charge >= 0.3 is 5.97 Å². The summed E-state index contributed by atoms with van der Waals surface area (Å²) in [6, 6.07) is 1.52. The number of aromatic nitrogens is 5. The van der Waals surface area contributed by atoms with E-state index < -0.39 is 16.0 Å². The summed E-state index contributed by atoms with van der Waals surface area (Å²) in [6.07, 6.45) is 9.31. The van der Waals surface area contributed by atoms with E-state index in [9.17, 15) is 13.2 Å². The van der Waals surface area contributed by atoms with E-state index in [0.717, 1.165) is 13.0 Å². The van der Waals surface area contributed by atoms with Crippen LogP contribution < -0.4 is 14.5 Å². The lowest BCUT2D eigenvalue weighted by molar-refractivity contribution is -0.138. The van der Waals surface area contributed by atoms with E-state index in [4.69, 9.17) is 10.1 Å². The van der Waals surface area contributed by atoms with Gasteiger partial charge in [-0.3, -0.25) is 4.79 Å². The Morgan fingerprint density at radius 3 is 2.69 bits per heavy atom. The standard InChI is InChI=1S/C23H30N8O4S/c1-36(34,35)31(16-3-2-7-24-12-16)22-17(19-14-26-21-18(28-19)4-8-25-21)13-27-23(29-22)30-9-5-15(6-10-30)11-20(32)33/h4,8,13-16,24H,2-3,5-7,9-12H2,1H3,(H,25,26)(H,32,33). The third-order valence-electron chi connectivity index (χ3n) is 6.82. The number of piperidine rings is 2. The maximum atomic E-state index is 13.1. The number of sulfonamides is 1. The van der Waals surface area contributed by atoms with E-state index in [1.54, 1.807) is 24.7 Å². The molecule has 0 saturated carbocycles. The van der Waals surface area contributed by atoms with E-state index in [0.29, 0.717) is 67.3 Å². The predicted octanol–water partition coefficient (Wildman–Crippen LogP) is 1.62. The van der Waals surface area contributed by atoms with Crippen LogP contribution >= 0.6 is 0 Å². The van der Waals surface area contributed by atoms with Gasteiger partial charge in [0.1, 0.15) is 5.52 Å². The van der Waals surface area contributed by atoms with Gasteiger partial charge in [0.05, 0.1) is 29.8 Å². The van der Waals surface area contributed by atoms with Crippen molar-refractivity contribution in [1.29, 1.82) is 0 Å². The number of hydrogen-bond donors (Lipinski definition) is 3. The van der Waals surface area contributed by atoms with E-state index in [2.05, 4.69) is 25.3 Å². The molecule has 192 valence electrons.